The summed E-state index contributed by atoms with van der Waals surface area (Å²) >= 11 is 6.06. The highest BCUT2D eigenvalue weighted by molar-refractivity contribution is 6.30. The fraction of sp³-hybridized carbons (Fsp3) is 0.308. The molecule has 0 radical (unpaired) electrons. The number of aromatic nitrogens is 2. The van der Waals surface area contributed by atoms with Crippen molar-refractivity contribution in [2.75, 3.05) is 21.7 Å². The van der Waals surface area contributed by atoms with Crippen molar-refractivity contribution >= 4 is 40.8 Å². The summed E-state index contributed by atoms with van der Waals surface area (Å²) < 4.78 is 31.7. The fourth-order valence-corrected chi connectivity index (χ4v) is 4.49. The average molecular weight is 548 g/mol. The van der Waals surface area contributed by atoms with E-state index in [1.54, 1.807) is 6.33 Å². The molecule has 5 rings (SSSR count). The minimum Gasteiger partial charge on any atom is -0.475 e. The minimum absolute atomic E-state index is 0.0402. The molecule has 0 spiro atoms. The lowest BCUT2D eigenvalue weighted by Gasteiger charge is -2.38. The summed E-state index contributed by atoms with van der Waals surface area (Å²) in [6.07, 6.45) is -1.86. The van der Waals surface area contributed by atoms with E-state index < -0.39 is 12.1 Å². The van der Waals surface area contributed by atoms with Gasteiger partial charge in [-0.1, -0.05) is 54.9 Å². The molecule has 8 nitrogen and oxygen atoms in total. The van der Waals surface area contributed by atoms with E-state index in [-0.39, 0.29) is 11.9 Å². The molecule has 200 valence electrons. The molecule has 0 bridgehead atoms. The van der Waals surface area contributed by atoms with E-state index in [0.717, 1.165) is 36.6 Å². The van der Waals surface area contributed by atoms with Crippen LogP contribution < -0.4 is 15.1 Å². The maximum Gasteiger partial charge on any atom is 0.490 e. The van der Waals surface area contributed by atoms with Crippen LogP contribution in [0, 0.1) is 0 Å². The Morgan fingerprint density at radius 3 is 2.42 bits per heavy atom. The molecule has 0 aliphatic carbocycles. The Hall–Kier alpha value is -3.86. The Morgan fingerprint density at radius 1 is 1.13 bits per heavy atom. The quantitative estimate of drug-likeness (QED) is 0.471. The molecule has 3 heterocycles. The van der Waals surface area contributed by atoms with Crippen LogP contribution in [0.4, 0.5) is 30.5 Å². The molecule has 1 unspecified atom stereocenters. The second-order valence-electron chi connectivity index (χ2n) is 8.79. The first-order valence-electron chi connectivity index (χ1n) is 11.9. The lowest BCUT2D eigenvalue weighted by Crippen LogP contribution is -2.48. The number of amides is 1. The molecule has 1 atom stereocenters. The lowest BCUT2D eigenvalue weighted by molar-refractivity contribution is -0.192. The summed E-state index contributed by atoms with van der Waals surface area (Å²) in [7, 11) is 0. The maximum atomic E-state index is 13.4. The molecular weight excluding hydrogens is 523 g/mol. The van der Waals surface area contributed by atoms with Crippen molar-refractivity contribution < 1.29 is 27.9 Å². The summed E-state index contributed by atoms with van der Waals surface area (Å²) in [5.41, 5.74) is 4.44. The van der Waals surface area contributed by atoms with Gasteiger partial charge in [0.25, 0.3) is 0 Å². The summed E-state index contributed by atoms with van der Waals surface area (Å²) in [6, 6.07) is 15.8. The number of nitrogens with zero attached hydrogens (tertiary/aromatic N) is 4. The molecule has 3 aromatic rings. The normalized spacial score (nSPS) is 16.6. The number of aliphatic carboxylic acids is 1. The van der Waals surface area contributed by atoms with Crippen molar-refractivity contribution in [1.29, 1.82) is 0 Å². The highest BCUT2D eigenvalue weighted by Crippen LogP contribution is 2.40. The number of rotatable bonds is 4. The number of fused-ring (bicyclic) bond motifs is 2. The van der Waals surface area contributed by atoms with Crippen LogP contribution in [-0.2, 0) is 29.1 Å². The van der Waals surface area contributed by atoms with Gasteiger partial charge in [0.15, 0.2) is 11.6 Å². The third-order valence-corrected chi connectivity index (χ3v) is 6.53. The monoisotopic (exact) mass is 547 g/mol. The number of benzene rings is 2. The van der Waals surface area contributed by atoms with Crippen LogP contribution in [0.5, 0.6) is 0 Å². The Balaban J connectivity index is 0.000000426. The van der Waals surface area contributed by atoms with Crippen molar-refractivity contribution in [3.63, 3.8) is 0 Å². The molecule has 0 saturated heterocycles. The van der Waals surface area contributed by atoms with Crippen LogP contribution in [0.3, 0.4) is 0 Å². The summed E-state index contributed by atoms with van der Waals surface area (Å²) in [5, 5.41) is 11.1. The molecular formula is C26H25ClF3N5O3. The van der Waals surface area contributed by atoms with Crippen LogP contribution in [0.15, 0.2) is 54.9 Å². The first-order valence-corrected chi connectivity index (χ1v) is 12.3. The SMILES string of the molecule is CCC1Nc2ncnc(N3CCc4ccccc4C3)c2N(Cc2ccc(Cl)cc2)C1=O.O=C(O)C(F)(F)F. The number of alkyl halides is 3. The van der Waals surface area contributed by atoms with Gasteiger partial charge in [-0.3, -0.25) is 9.69 Å². The molecule has 1 aromatic heterocycles. The standard InChI is InChI=1S/C24H24ClN5O.C2HF3O2/c1-2-20-24(31)30(13-16-7-9-19(25)10-8-16)21-22(28-20)26-15-27-23(21)29-12-11-17-5-3-4-6-18(17)14-29;3-2(4,5)1(6)7/h3-10,15,20H,2,11-14H2,1H3,(H,26,27,28);(H,6,7). The highest BCUT2D eigenvalue weighted by atomic mass is 35.5. The van der Waals surface area contributed by atoms with E-state index in [2.05, 4.69) is 44.5 Å². The lowest BCUT2D eigenvalue weighted by atomic mass is 9.99. The number of carbonyl (C=O) groups is 2. The van der Waals surface area contributed by atoms with E-state index in [1.165, 1.54) is 11.1 Å². The van der Waals surface area contributed by atoms with Crippen molar-refractivity contribution in [2.24, 2.45) is 0 Å². The number of nitrogens with one attached hydrogen (secondary N) is 1. The zero-order valence-corrected chi connectivity index (χ0v) is 21.1. The molecule has 0 saturated carbocycles. The van der Waals surface area contributed by atoms with E-state index in [1.807, 2.05) is 36.1 Å². The number of hydrogen-bond acceptors (Lipinski definition) is 6. The van der Waals surface area contributed by atoms with Crippen LogP contribution in [0.2, 0.25) is 5.02 Å². The van der Waals surface area contributed by atoms with Gasteiger partial charge in [-0.05, 0) is 41.7 Å². The molecule has 38 heavy (non-hydrogen) atoms. The molecule has 2 aliphatic heterocycles. The summed E-state index contributed by atoms with van der Waals surface area (Å²) in [4.78, 5) is 35.5. The van der Waals surface area contributed by atoms with Crippen LogP contribution in [-0.4, -0.2) is 45.7 Å². The third-order valence-electron chi connectivity index (χ3n) is 6.28. The third kappa shape index (κ3) is 5.99. The van der Waals surface area contributed by atoms with Gasteiger partial charge in [-0.2, -0.15) is 13.2 Å². The van der Waals surface area contributed by atoms with Crippen LogP contribution >= 0.6 is 11.6 Å². The number of carboxylic acids is 1. The number of halogens is 4. The first kappa shape index (κ1) is 27.2. The molecule has 12 heteroatoms. The summed E-state index contributed by atoms with van der Waals surface area (Å²) in [5.74, 6) is -1.21. The van der Waals surface area contributed by atoms with Gasteiger partial charge in [0, 0.05) is 18.1 Å². The predicted molar refractivity (Wildman–Crippen MR) is 137 cm³/mol. The smallest absolute Gasteiger partial charge is 0.475 e. The molecule has 2 N–H and O–H groups in total. The van der Waals surface area contributed by atoms with Gasteiger partial charge in [-0.25, -0.2) is 14.8 Å². The highest BCUT2D eigenvalue weighted by Gasteiger charge is 2.38. The Morgan fingerprint density at radius 2 is 1.79 bits per heavy atom. The van der Waals surface area contributed by atoms with Gasteiger partial charge in [0.2, 0.25) is 5.91 Å². The molecule has 1 amide bonds. The van der Waals surface area contributed by atoms with Gasteiger partial charge >= 0.3 is 12.1 Å². The van der Waals surface area contributed by atoms with Gasteiger partial charge in [0.05, 0.1) is 6.54 Å². The predicted octanol–water partition coefficient (Wildman–Crippen LogP) is 5.06. The van der Waals surface area contributed by atoms with E-state index in [9.17, 15) is 18.0 Å². The average Bonchev–Trinajstić information content (AvgIpc) is 2.90. The zero-order valence-electron chi connectivity index (χ0n) is 20.4. The second kappa shape index (κ2) is 11.3. The van der Waals surface area contributed by atoms with Gasteiger partial charge in [0.1, 0.15) is 18.1 Å². The maximum absolute atomic E-state index is 13.4. The topological polar surface area (TPSA) is 98.7 Å². The number of hydrogen-bond donors (Lipinski definition) is 2. The van der Waals surface area contributed by atoms with Crippen molar-refractivity contribution in [3.8, 4) is 0 Å². The van der Waals surface area contributed by atoms with Crippen molar-refractivity contribution in [2.45, 2.75) is 45.1 Å². The largest absolute Gasteiger partial charge is 0.490 e. The number of anilines is 3. The Kier molecular flexibility index (Phi) is 8.05. The fourth-order valence-electron chi connectivity index (χ4n) is 4.36. The minimum atomic E-state index is -5.08. The first-order chi connectivity index (χ1) is 18.1. The van der Waals surface area contributed by atoms with E-state index >= 15 is 0 Å². The van der Waals surface area contributed by atoms with Crippen molar-refractivity contribution in [3.05, 3.63) is 76.6 Å². The Bertz CT molecular complexity index is 1320. The Labute approximate surface area is 222 Å². The summed E-state index contributed by atoms with van der Waals surface area (Å²) in [6.45, 7) is 4.07. The molecule has 0 fully saturated rings. The van der Waals surface area contributed by atoms with E-state index in [4.69, 9.17) is 21.5 Å². The van der Waals surface area contributed by atoms with Crippen LogP contribution in [0.25, 0.3) is 0 Å². The van der Waals surface area contributed by atoms with Gasteiger partial charge < -0.3 is 15.3 Å². The van der Waals surface area contributed by atoms with Crippen LogP contribution in [0.1, 0.15) is 30.0 Å². The molecule has 2 aromatic carbocycles. The molecule has 2 aliphatic rings. The number of carboxylic acid groups (broad SMARTS) is 1. The second-order valence-corrected chi connectivity index (χ2v) is 9.23. The van der Waals surface area contributed by atoms with Crippen molar-refractivity contribution in [1.82, 2.24) is 9.97 Å². The zero-order chi connectivity index (χ0) is 27.4. The number of carbonyl (C=O) groups excluding carboxylic acids is 1. The van der Waals surface area contributed by atoms with E-state index in [0.29, 0.717) is 23.8 Å². The van der Waals surface area contributed by atoms with Gasteiger partial charge in [-0.15, -0.1) is 0 Å².